The van der Waals surface area contributed by atoms with E-state index in [9.17, 15) is 0 Å². The number of imidazole rings is 1. The van der Waals surface area contributed by atoms with Gasteiger partial charge >= 0.3 is 0 Å². The molecule has 0 saturated heterocycles. The van der Waals surface area contributed by atoms with Crippen LogP contribution in [0.5, 0.6) is 0 Å². The largest absolute Gasteiger partial charge is 0.313 e. The molecule has 0 aliphatic heterocycles. The van der Waals surface area contributed by atoms with Crippen LogP contribution in [0.4, 0.5) is 0 Å². The normalized spacial score (nSPS) is 12.9. The molecule has 2 heterocycles. The Kier molecular flexibility index (Phi) is 3.92. The third-order valence-corrected chi connectivity index (χ3v) is 5.36. The van der Waals surface area contributed by atoms with Crippen LogP contribution in [0.25, 0.3) is 4.96 Å². The fraction of sp³-hybridized carbons (Fsp3) is 0.267. The smallest absolute Gasteiger partial charge is 0.193 e. The van der Waals surface area contributed by atoms with Gasteiger partial charge in [-0.2, -0.15) is 0 Å². The monoisotopic (exact) mass is 349 g/mol. The maximum atomic E-state index is 4.66. The molecular weight excluding hydrogens is 334 g/mol. The van der Waals surface area contributed by atoms with Gasteiger partial charge in [-0.15, -0.1) is 11.3 Å². The zero-order chi connectivity index (χ0) is 14.1. The lowest BCUT2D eigenvalue weighted by Gasteiger charge is -2.18. The first-order chi connectivity index (χ1) is 9.69. The average molecular weight is 350 g/mol. The highest BCUT2D eigenvalue weighted by molar-refractivity contribution is 9.10. The number of fused-ring (bicyclic) bond motifs is 1. The van der Waals surface area contributed by atoms with Gasteiger partial charge in [-0.3, -0.25) is 4.40 Å². The maximum absolute atomic E-state index is 4.66. The summed E-state index contributed by atoms with van der Waals surface area (Å²) in [7, 11) is 2.00. The zero-order valence-corrected chi connectivity index (χ0v) is 13.8. The fourth-order valence-electron chi connectivity index (χ4n) is 2.39. The minimum Gasteiger partial charge on any atom is -0.313 e. The summed E-state index contributed by atoms with van der Waals surface area (Å²) in [4.78, 5) is 5.72. The molecule has 1 unspecified atom stereocenters. The topological polar surface area (TPSA) is 29.3 Å². The highest BCUT2D eigenvalue weighted by Gasteiger charge is 2.16. The van der Waals surface area contributed by atoms with E-state index in [1.54, 1.807) is 11.3 Å². The summed E-state index contributed by atoms with van der Waals surface area (Å²) < 4.78 is 3.26. The van der Waals surface area contributed by atoms with Gasteiger partial charge in [-0.05, 0) is 25.1 Å². The summed E-state index contributed by atoms with van der Waals surface area (Å²) in [5.41, 5.74) is 3.65. The number of hydrogen-bond donors (Lipinski definition) is 1. The van der Waals surface area contributed by atoms with Crippen molar-refractivity contribution in [2.75, 3.05) is 7.05 Å². The van der Waals surface area contributed by atoms with Crippen LogP contribution in [0.15, 0.2) is 40.4 Å². The van der Waals surface area contributed by atoms with E-state index < -0.39 is 0 Å². The van der Waals surface area contributed by atoms with Gasteiger partial charge in [-0.1, -0.05) is 34.1 Å². The number of aryl methyl sites for hydroxylation is 1. The molecule has 1 atom stereocenters. The lowest BCUT2D eigenvalue weighted by molar-refractivity contribution is 0.583. The Morgan fingerprint density at radius 3 is 3.05 bits per heavy atom. The number of likely N-dealkylation sites (N-methyl/N-ethyl adjacent to an activating group) is 1. The van der Waals surface area contributed by atoms with Gasteiger partial charge in [0.1, 0.15) is 0 Å². The van der Waals surface area contributed by atoms with Gasteiger partial charge in [0.05, 0.1) is 5.69 Å². The third kappa shape index (κ3) is 2.53. The molecule has 3 nitrogen and oxygen atoms in total. The van der Waals surface area contributed by atoms with Gasteiger partial charge in [0.15, 0.2) is 4.96 Å². The Balaban J connectivity index is 1.90. The summed E-state index contributed by atoms with van der Waals surface area (Å²) in [6.45, 7) is 2.12. The predicted octanol–water partition coefficient (Wildman–Crippen LogP) is 3.97. The van der Waals surface area contributed by atoms with Crippen molar-refractivity contribution in [2.24, 2.45) is 0 Å². The number of nitrogens with zero attached hydrogens (tertiary/aromatic N) is 2. The van der Waals surface area contributed by atoms with E-state index in [4.69, 9.17) is 0 Å². The van der Waals surface area contributed by atoms with Crippen molar-refractivity contribution in [3.05, 3.63) is 57.3 Å². The Hall–Kier alpha value is -1.17. The van der Waals surface area contributed by atoms with Crippen molar-refractivity contribution < 1.29 is 0 Å². The SMILES string of the molecule is CNC(Cc1cn2ccsc2n1)c1cccc(C)c1Br. The van der Waals surface area contributed by atoms with Crippen molar-refractivity contribution >= 4 is 32.2 Å². The predicted molar refractivity (Wildman–Crippen MR) is 87.5 cm³/mol. The fourth-order valence-corrected chi connectivity index (χ4v) is 3.65. The molecule has 1 N–H and O–H groups in total. The minimum atomic E-state index is 0.258. The molecule has 0 saturated carbocycles. The number of benzene rings is 1. The van der Waals surface area contributed by atoms with Crippen molar-refractivity contribution in [1.29, 1.82) is 0 Å². The molecule has 1 aromatic carbocycles. The Bertz CT molecular complexity index is 703. The van der Waals surface area contributed by atoms with E-state index >= 15 is 0 Å². The molecule has 20 heavy (non-hydrogen) atoms. The molecule has 0 radical (unpaired) electrons. The van der Waals surface area contributed by atoms with E-state index in [1.165, 1.54) is 15.6 Å². The Morgan fingerprint density at radius 1 is 1.45 bits per heavy atom. The van der Waals surface area contributed by atoms with Gasteiger partial charge in [0.2, 0.25) is 0 Å². The van der Waals surface area contributed by atoms with Crippen LogP contribution in [0.2, 0.25) is 0 Å². The summed E-state index contributed by atoms with van der Waals surface area (Å²) in [5, 5.41) is 5.45. The lowest BCUT2D eigenvalue weighted by atomic mass is 10.0. The number of thiazole rings is 1. The highest BCUT2D eigenvalue weighted by Crippen LogP contribution is 2.28. The van der Waals surface area contributed by atoms with Crippen LogP contribution >= 0.6 is 27.3 Å². The Morgan fingerprint density at radius 2 is 2.30 bits per heavy atom. The van der Waals surface area contributed by atoms with Crippen LogP contribution in [-0.2, 0) is 6.42 Å². The molecule has 2 aromatic heterocycles. The standard InChI is InChI=1S/C15H16BrN3S/c1-10-4-3-5-12(14(10)16)13(17-2)8-11-9-19-6-7-20-15(19)18-11/h3-7,9,13,17H,8H2,1-2H3. The van der Waals surface area contributed by atoms with Gasteiger partial charge in [-0.25, -0.2) is 4.98 Å². The molecule has 3 aromatic rings. The van der Waals surface area contributed by atoms with E-state index in [2.05, 4.69) is 67.3 Å². The molecule has 0 fully saturated rings. The molecule has 0 bridgehead atoms. The number of halogens is 1. The lowest BCUT2D eigenvalue weighted by Crippen LogP contribution is -2.19. The molecule has 5 heteroatoms. The average Bonchev–Trinajstić information content (AvgIpc) is 3.00. The summed E-state index contributed by atoms with van der Waals surface area (Å²) in [5.74, 6) is 0. The quantitative estimate of drug-likeness (QED) is 0.772. The minimum absolute atomic E-state index is 0.258. The van der Waals surface area contributed by atoms with Crippen molar-refractivity contribution in [3.63, 3.8) is 0 Å². The molecular formula is C15H16BrN3S. The third-order valence-electron chi connectivity index (χ3n) is 3.50. The first-order valence-corrected chi connectivity index (χ1v) is 8.19. The second-order valence-corrected chi connectivity index (χ2v) is 6.51. The number of hydrogen-bond acceptors (Lipinski definition) is 3. The molecule has 0 aliphatic carbocycles. The van der Waals surface area contributed by atoms with Gasteiger partial charge in [0.25, 0.3) is 0 Å². The van der Waals surface area contributed by atoms with Crippen LogP contribution < -0.4 is 5.32 Å². The van der Waals surface area contributed by atoms with Crippen LogP contribution in [0.1, 0.15) is 22.9 Å². The summed E-state index contributed by atoms with van der Waals surface area (Å²) >= 11 is 5.37. The molecule has 0 spiro atoms. The van der Waals surface area contributed by atoms with Crippen LogP contribution in [0, 0.1) is 6.92 Å². The van der Waals surface area contributed by atoms with Gasteiger partial charge in [0, 0.05) is 34.7 Å². The van der Waals surface area contributed by atoms with Gasteiger partial charge < -0.3 is 5.32 Å². The molecule has 0 amide bonds. The van der Waals surface area contributed by atoms with Crippen LogP contribution in [-0.4, -0.2) is 16.4 Å². The molecule has 0 aliphatic rings. The first kappa shape index (κ1) is 13.8. The van der Waals surface area contributed by atoms with Crippen molar-refractivity contribution in [3.8, 4) is 0 Å². The van der Waals surface area contributed by atoms with E-state index in [0.717, 1.165) is 17.1 Å². The highest BCUT2D eigenvalue weighted by atomic mass is 79.9. The van der Waals surface area contributed by atoms with Crippen LogP contribution in [0.3, 0.4) is 0 Å². The number of rotatable bonds is 4. The molecule has 3 rings (SSSR count). The Labute approximate surface area is 130 Å². The molecule has 104 valence electrons. The number of aromatic nitrogens is 2. The number of nitrogens with one attached hydrogen (secondary N) is 1. The second kappa shape index (κ2) is 5.68. The van der Waals surface area contributed by atoms with Crippen molar-refractivity contribution in [2.45, 2.75) is 19.4 Å². The second-order valence-electron chi connectivity index (χ2n) is 4.85. The van der Waals surface area contributed by atoms with E-state index in [-0.39, 0.29) is 6.04 Å². The summed E-state index contributed by atoms with van der Waals surface area (Å²) in [6, 6.07) is 6.64. The van der Waals surface area contributed by atoms with E-state index in [0.29, 0.717) is 0 Å². The first-order valence-electron chi connectivity index (χ1n) is 6.52. The van der Waals surface area contributed by atoms with Crippen molar-refractivity contribution in [1.82, 2.24) is 14.7 Å². The maximum Gasteiger partial charge on any atom is 0.193 e. The zero-order valence-electron chi connectivity index (χ0n) is 11.4. The van der Waals surface area contributed by atoms with E-state index in [1.807, 2.05) is 13.2 Å². The summed E-state index contributed by atoms with van der Waals surface area (Å²) in [6.07, 6.45) is 5.04.